The molecule has 0 aromatic heterocycles. The van der Waals surface area contributed by atoms with Gasteiger partial charge in [0, 0.05) is 37.9 Å². The number of benzene rings is 2. The molecule has 0 unspecified atom stereocenters. The van der Waals surface area contributed by atoms with E-state index in [9.17, 15) is 13.2 Å². The third-order valence-corrected chi connectivity index (χ3v) is 7.20. The highest BCUT2D eigenvalue weighted by Crippen LogP contribution is 2.32. The van der Waals surface area contributed by atoms with Gasteiger partial charge < -0.3 is 10.2 Å². The maximum atomic E-state index is 12.9. The van der Waals surface area contributed by atoms with Crippen LogP contribution in [0.5, 0.6) is 0 Å². The van der Waals surface area contributed by atoms with Gasteiger partial charge in [0.25, 0.3) is 0 Å². The molecule has 1 N–H and O–H groups in total. The molecule has 2 heterocycles. The zero-order chi connectivity index (χ0) is 19.7. The number of nitrogens with zero attached hydrogens (tertiary/aromatic N) is 2. The van der Waals surface area contributed by atoms with Gasteiger partial charge in [-0.05, 0) is 43.2 Å². The van der Waals surface area contributed by atoms with Crippen LogP contribution in [0.25, 0.3) is 0 Å². The first kappa shape index (κ1) is 19.1. The van der Waals surface area contributed by atoms with E-state index in [0.29, 0.717) is 19.1 Å². The Bertz CT molecular complexity index is 976. The summed E-state index contributed by atoms with van der Waals surface area (Å²) in [5, 5.41) is 3.38. The maximum Gasteiger partial charge on any atom is 0.241 e. The first-order chi connectivity index (χ1) is 13.4. The summed E-state index contributed by atoms with van der Waals surface area (Å²) in [7, 11) is -3.60. The van der Waals surface area contributed by atoms with Gasteiger partial charge in [-0.3, -0.25) is 9.69 Å². The zero-order valence-corrected chi connectivity index (χ0v) is 16.8. The van der Waals surface area contributed by atoms with Crippen molar-refractivity contribution in [1.82, 2.24) is 10.2 Å². The molecule has 2 aromatic rings. The quantitative estimate of drug-likeness (QED) is 0.848. The van der Waals surface area contributed by atoms with Crippen molar-refractivity contribution in [2.45, 2.75) is 29.2 Å². The number of sulfone groups is 1. The fourth-order valence-electron chi connectivity index (χ4n) is 3.95. The Balaban J connectivity index is 1.58. The van der Waals surface area contributed by atoms with Gasteiger partial charge in [0.2, 0.25) is 15.7 Å². The van der Waals surface area contributed by atoms with E-state index >= 15 is 0 Å². The van der Waals surface area contributed by atoms with E-state index in [2.05, 4.69) is 17.1 Å². The number of hydrogen-bond acceptors (Lipinski definition) is 5. The largest absolute Gasteiger partial charge is 0.312 e. The van der Waals surface area contributed by atoms with Gasteiger partial charge in [0.1, 0.15) is 0 Å². The normalized spacial score (nSPS) is 20.2. The van der Waals surface area contributed by atoms with Gasteiger partial charge >= 0.3 is 0 Å². The molecule has 6 nitrogen and oxygen atoms in total. The highest BCUT2D eigenvalue weighted by molar-refractivity contribution is 7.91. The van der Waals surface area contributed by atoms with Crippen molar-refractivity contribution in [3.63, 3.8) is 0 Å². The molecule has 1 fully saturated rings. The Kier molecular flexibility index (Phi) is 5.23. The molecule has 0 aliphatic carbocycles. The predicted molar refractivity (Wildman–Crippen MR) is 108 cm³/mol. The van der Waals surface area contributed by atoms with Crippen molar-refractivity contribution in [3.8, 4) is 0 Å². The van der Waals surface area contributed by atoms with Crippen LogP contribution in [-0.2, 0) is 21.1 Å². The number of hydrogen-bond donors (Lipinski definition) is 1. The molecule has 148 valence electrons. The summed E-state index contributed by atoms with van der Waals surface area (Å²) >= 11 is 0. The van der Waals surface area contributed by atoms with Crippen LogP contribution in [0.3, 0.4) is 0 Å². The van der Waals surface area contributed by atoms with E-state index < -0.39 is 9.84 Å². The van der Waals surface area contributed by atoms with Gasteiger partial charge in [-0.1, -0.05) is 24.3 Å². The first-order valence-electron chi connectivity index (χ1n) is 9.64. The van der Waals surface area contributed by atoms with Gasteiger partial charge in [-0.15, -0.1) is 0 Å². The molecule has 1 atom stereocenters. The van der Waals surface area contributed by atoms with Crippen molar-refractivity contribution in [3.05, 3.63) is 54.1 Å². The third-order valence-electron chi connectivity index (χ3n) is 5.43. The molecule has 28 heavy (non-hydrogen) atoms. The lowest BCUT2D eigenvalue weighted by molar-refractivity contribution is -0.119. The van der Waals surface area contributed by atoms with E-state index in [-0.39, 0.29) is 15.7 Å². The number of fused-ring (bicyclic) bond motifs is 1. The minimum absolute atomic E-state index is 0.0297. The summed E-state index contributed by atoms with van der Waals surface area (Å²) in [5.74, 6) is 0.0297. The summed E-state index contributed by atoms with van der Waals surface area (Å²) in [4.78, 5) is 17.3. The first-order valence-corrected chi connectivity index (χ1v) is 11.1. The summed E-state index contributed by atoms with van der Waals surface area (Å²) < 4.78 is 25.9. The van der Waals surface area contributed by atoms with Gasteiger partial charge in [-0.2, -0.15) is 0 Å². The Morgan fingerprint density at radius 2 is 1.89 bits per heavy atom. The number of anilines is 1. The Hall–Kier alpha value is -2.22. The van der Waals surface area contributed by atoms with Crippen LogP contribution in [0, 0.1) is 0 Å². The van der Waals surface area contributed by atoms with Crippen LogP contribution in [-0.4, -0.2) is 58.0 Å². The fourth-order valence-corrected chi connectivity index (χ4v) is 5.25. The summed E-state index contributed by atoms with van der Waals surface area (Å²) in [6.07, 6.45) is 0.755. The lowest BCUT2D eigenvalue weighted by Gasteiger charge is -2.32. The Morgan fingerprint density at radius 3 is 2.64 bits per heavy atom. The highest BCUT2D eigenvalue weighted by atomic mass is 32.2. The number of rotatable bonds is 4. The molecule has 0 radical (unpaired) electrons. The van der Waals surface area contributed by atoms with Crippen molar-refractivity contribution < 1.29 is 13.2 Å². The molecule has 2 aliphatic heterocycles. The van der Waals surface area contributed by atoms with E-state index in [4.69, 9.17) is 0 Å². The molecule has 7 heteroatoms. The second kappa shape index (κ2) is 7.66. The second-order valence-corrected chi connectivity index (χ2v) is 9.44. The average molecular weight is 400 g/mol. The third kappa shape index (κ3) is 3.70. The molecule has 2 aromatic carbocycles. The van der Waals surface area contributed by atoms with Crippen LogP contribution in [0.1, 0.15) is 12.5 Å². The average Bonchev–Trinajstić information content (AvgIpc) is 3.12. The van der Waals surface area contributed by atoms with Crippen molar-refractivity contribution in [2.75, 3.05) is 37.6 Å². The molecule has 0 spiro atoms. The SMILES string of the molecule is C[C@@H]1CN(CC(=O)N2CCc3ccc(S(=O)(=O)c4ccccc4)cc32)CCN1. The topological polar surface area (TPSA) is 69.7 Å². The zero-order valence-electron chi connectivity index (χ0n) is 16.0. The molecular formula is C21H25N3O3S. The Morgan fingerprint density at radius 1 is 1.11 bits per heavy atom. The number of piperazine rings is 1. The van der Waals surface area contributed by atoms with Crippen LogP contribution in [0.2, 0.25) is 0 Å². The Labute approximate surface area is 166 Å². The molecule has 1 amide bonds. The van der Waals surface area contributed by atoms with Gasteiger partial charge in [0.15, 0.2) is 0 Å². The van der Waals surface area contributed by atoms with Crippen LogP contribution in [0.4, 0.5) is 5.69 Å². The maximum absolute atomic E-state index is 12.9. The number of amides is 1. The summed E-state index contributed by atoms with van der Waals surface area (Å²) in [6, 6.07) is 13.9. The molecule has 0 bridgehead atoms. The van der Waals surface area contributed by atoms with Crippen molar-refractivity contribution >= 4 is 21.4 Å². The second-order valence-electron chi connectivity index (χ2n) is 7.49. The van der Waals surface area contributed by atoms with Gasteiger partial charge in [0.05, 0.1) is 16.3 Å². The van der Waals surface area contributed by atoms with Crippen molar-refractivity contribution in [1.29, 1.82) is 0 Å². The molecule has 4 rings (SSSR count). The van der Waals surface area contributed by atoms with Crippen molar-refractivity contribution in [2.24, 2.45) is 0 Å². The standard InChI is InChI=1S/C21H25N3O3S/c1-16-14-23(12-10-22-16)15-21(25)24-11-9-17-7-8-19(13-20(17)24)28(26,27)18-5-3-2-4-6-18/h2-8,13,16,22H,9-12,14-15H2,1H3/t16-/m1/s1. The lowest BCUT2D eigenvalue weighted by Crippen LogP contribution is -2.52. The van der Waals surface area contributed by atoms with Gasteiger partial charge in [-0.25, -0.2) is 8.42 Å². The highest BCUT2D eigenvalue weighted by Gasteiger charge is 2.29. The van der Waals surface area contributed by atoms with Crippen LogP contribution < -0.4 is 10.2 Å². The molecule has 1 saturated heterocycles. The summed E-state index contributed by atoms with van der Waals surface area (Å²) in [5.41, 5.74) is 1.75. The predicted octanol–water partition coefficient (Wildman–Crippen LogP) is 1.70. The number of carbonyl (C=O) groups excluding carboxylic acids is 1. The van der Waals surface area contributed by atoms with E-state index in [1.165, 1.54) is 0 Å². The minimum atomic E-state index is -3.60. The minimum Gasteiger partial charge on any atom is -0.312 e. The van der Waals surface area contributed by atoms with E-state index in [1.54, 1.807) is 47.4 Å². The van der Waals surface area contributed by atoms with Crippen LogP contribution in [0.15, 0.2) is 58.3 Å². The number of nitrogens with one attached hydrogen (secondary N) is 1. The molecular weight excluding hydrogens is 374 g/mol. The van der Waals surface area contributed by atoms with E-state index in [1.807, 2.05) is 6.07 Å². The smallest absolute Gasteiger partial charge is 0.241 e. The molecule has 0 saturated carbocycles. The summed E-state index contributed by atoms with van der Waals surface area (Å²) in [6.45, 7) is 5.65. The molecule has 2 aliphatic rings. The monoisotopic (exact) mass is 399 g/mol. The van der Waals surface area contributed by atoms with E-state index in [0.717, 1.165) is 37.3 Å². The fraction of sp³-hybridized carbons (Fsp3) is 0.381. The number of carbonyl (C=O) groups is 1. The lowest BCUT2D eigenvalue weighted by atomic mass is 10.2. The van der Waals surface area contributed by atoms with Crippen LogP contribution >= 0.6 is 0 Å².